The summed E-state index contributed by atoms with van der Waals surface area (Å²) in [5.74, 6) is 2.31. The second kappa shape index (κ2) is 8.54. The van der Waals surface area contributed by atoms with Crippen LogP contribution in [-0.2, 0) is 10.5 Å². The van der Waals surface area contributed by atoms with E-state index in [1.165, 1.54) is 24.2 Å². The molecule has 0 heterocycles. The number of aldehydes is 1. The third-order valence-corrected chi connectivity index (χ3v) is 3.34. The van der Waals surface area contributed by atoms with Gasteiger partial charge in [0, 0.05) is 12.2 Å². The first-order valence-corrected chi connectivity index (χ1v) is 6.64. The fourth-order valence-corrected chi connectivity index (χ4v) is 2.35. The predicted octanol–water partition coefficient (Wildman–Crippen LogP) is 3.68. The van der Waals surface area contributed by atoms with Crippen LogP contribution in [0.25, 0.3) is 0 Å². The Kier molecular flexibility index (Phi) is 7.01. The van der Waals surface area contributed by atoms with E-state index in [-0.39, 0.29) is 0 Å². The Hall–Kier alpha value is -0.760. The fourth-order valence-electron chi connectivity index (χ4n) is 1.37. The Bertz CT molecular complexity index is 258. The van der Waals surface area contributed by atoms with Crippen molar-refractivity contribution >= 4 is 18.0 Å². The van der Waals surface area contributed by atoms with Crippen molar-refractivity contribution in [3.63, 3.8) is 0 Å². The molecule has 0 spiro atoms. The summed E-state index contributed by atoms with van der Waals surface area (Å²) in [5.41, 5.74) is 1.40. The molecule has 0 unspecified atom stereocenters. The number of carbonyl (C=O) groups is 1. The second-order valence-corrected chi connectivity index (χ2v) is 4.66. The number of benzene rings is 1. The molecule has 0 fully saturated rings. The molecule has 0 bridgehead atoms. The largest absolute Gasteiger partial charge is 0.303 e. The van der Waals surface area contributed by atoms with Crippen LogP contribution in [0, 0.1) is 0 Å². The number of unbranched alkanes of at least 4 members (excludes halogenated alkanes) is 3. The first-order chi connectivity index (χ1) is 7.43. The zero-order chi connectivity index (χ0) is 10.8. The topological polar surface area (TPSA) is 17.1 Å². The molecule has 1 rings (SSSR count). The van der Waals surface area contributed by atoms with Gasteiger partial charge in [-0.3, -0.25) is 0 Å². The molecule has 0 amide bonds. The molecular weight excluding hydrogens is 204 g/mol. The predicted molar refractivity (Wildman–Crippen MR) is 67.1 cm³/mol. The molecular formula is C13H18OS. The highest BCUT2D eigenvalue weighted by atomic mass is 32.2. The van der Waals surface area contributed by atoms with Gasteiger partial charge in [-0.2, -0.15) is 11.8 Å². The standard InChI is InChI=1S/C13H18OS/c14-10-6-1-2-7-11-15-12-13-8-4-3-5-9-13/h3-5,8-10H,1-2,6-7,11-12H2. The van der Waals surface area contributed by atoms with E-state index in [1.807, 2.05) is 17.8 Å². The van der Waals surface area contributed by atoms with Gasteiger partial charge in [0.05, 0.1) is 0 Å². The van der Waals surface area contributed by atoms with Gasteiger partial charge in [0.25, 0.3) is 0 Å². The average Bonchev–Trinajstić information content (AvgIpc) is 2.29. The fraction of sp³-hybridized carbons (Fsp3) is 0.462. The van der Waals surface area contributed by atoms with E-state index in [0.717, 1.165) is 24.9 Å². The molecule has 0 saturated carbocycles. The van der Waals surface area contributed by atoms with E-state index in [4.69, 9.17) is 0 Å². The minimum atomic E-state index is 0.726. The summed E-state index contributed by atoms with van der Waals surface area (Å²) in [4.78, 5) is 10.1. The maximum absolute atomic E-state index is 10.1. The van der Waals surface area contributed by atoms with Crippen molar-refractivity contribution in [1.82, 2.24) is 0 Å². The Morgan fingerprint density at radius 2 is 1.87 bits per heavy atom. The first kappa shape index (κ1) is 12.3. The van der Waals surface area contributed by atoms with Crippen LogP contribution >= 0.6 is 11.8 Å². The first-order valence-electron chi connectivity index (χ1n) is 5.49. The summed E-state index contributed by atoms with van der Waals surface area (Å²) in [7, 11) is 0. The van der Waals surface area contributed by atoms with Crippen molar-refractivity contribution in [3.8, 4) is 0 Å². The Balaban J connectivity index is 1.95. The van der Waals surface area contributed by atoms with Gasteiger partial charge < -0.3 is 4.79 Å². The van der Waals surface area contributed by atoms with Crippen LogP contribution in [0.4, 0.5) is 0 Å². The highest BCUT2D eigenvalue weighted by Crippen LogP contribution is 2.14. The molecule has 0 saturated heterocycles. The molecule has 1 nitrogen and oxygen atoms in total. The molecule has 1 aromatic carbocycles. The lowest BCUT2D eigenvalue weighted by molar-refractivity contribution is -0.107. The summed E-state index contributed by atoms with van der Waals surface area (Å²) >= 11 is 1.98. The highest BCUT2D eigenvalue weighted by molar-refractivity contribution is 7.98. The average molecular weight is 222 g/mol. The minimum Gasteiger partial charge on any atom is -0.303 e. The van der Waals surface area contributed by atoms with E-state index in [9.17, 15) is 4.79 Å². The lowest BCUT2D eigenvalue weighted by atomic mass is 10.2. The molecule has 2 heteroatoms. The van der Waals surface area contributed by atoms with Crippen LogP contribution in [0.15, 0.2) is 30.3 Å². The lowest BCUT2D eigenvalue weighted by Crippen LogP contribution is -1.84. The monoisotopic (exact) mass is 222 g/mol. The van der Waals surface area contributed by atoms with Crippen LogP contribution < -0.4 is 0 Å². The van der Waals surface area contributed by atoms with E-state index in [2.05, 4.69) is 24.3 Å². The van der Waals surface area contributed by atoms with Crippen molar-refractivity contribution in [2.75, 3.05) is 5.75 Å². The smallest absolute Gasteiger partial charge is 0.119 e. The molecule has 0 radical (unpaired) electrons. The maximum atomic E-state index is 10.1. The zero-order valence-corrected chi connectivity index (χ0v) is 9.84. The van der Waals surface area contributed by atoms with Crippen molar-refractivity contribution < 1.29 is 4.79 Å². The van der Waals surface area contributed by atoms with Crippen LogP contribution in [0.5, 0.6) is 0 Å². The summed E-state index contributed by atoms with van der Waals surface area (Å²) in [5, 5.41) is 0. The zero-order valence-electron chi connectivity index (χ0n) is 9.02. The van der Waals surface area contributed by atoms with E-state index >= 15 is 0 Å². The number of hydrogen-bond acceptors (Lipinski definition) is 2. The molecule has 0 aliphatic rings. The molecule has 0 atom stereocenters. The third-order valence-electron chi connectivity index (χ3n) is 2.22. The lowest BCUT2D eigenvalue weighted by Gasteiger charge is -2.01. The third kappa shape index (κ3) is 6.34. The molecule has 0 aliphatic carbocycles. The summed E-state index contributed by atoms with van der Waals surface area (Å²) in [6, 6.07) is 10.5. The van der Waals surface area contributed by atoms with Gasteiger partial charge in [0.1, 0.15) is 6.29 Å². The van der Waals surface area contributed by atoms with Gasteiger partial charge in [-0.05, 0) is 24.2 Å². The molecule has 1 aromatic rings. The van der Waals surface area contributed by atoms with Crippen LogP contribution in [0.1, 0.15) is 31.2 Å². The Labute approximate surface area is 96.3 Å². The number of thioether (sulfide) groups is 1. The van der Waals surface area contributed by atoms with Crippen molar-refractivity contribution in [3.05, 3.63) is 35.9 Å². The molecule has 0 N–H and O–H groups in total. The van der Waals surface area contributed by atoms with Crippen molar-refractivity contribution in [2.45, 2.75) is 31.4 Å². The summed E-state index contributed by atoms with van der Waals surface area (Å²) in [6.45, 7) is 0. The van der Waals surface area contributed by atoms with E-state index in [0.29, 0.717) is 0 Å². The highest BCUT2D eigenvalue weighted by Gasteiger charge is 1.93. The van der Waals surface area contributed by atoms with Crippen molar-refractivity contribution in [1.29, 1.82) is 0 Å². The van der Waals surface area contributed by atoms with E-state index in [1.54, 1.807) is 0 Å². The van der Waals surface area contributed by atoms with Gasteiger partial charge in [-0.1, -0.05) is 36.8 Å². The Morgan fingerprint density at radius 3 is 2.60 bits per heavy atom. The van der Waals surface area contributed by atoms with Crippen LogP contribution in [0.3, 0.4) is 0 Å². The normalized spacial score (nSPS) is 10.1. The van der Waals surface area contributed by atoms with Gasteiger partial charge in [0.2, 0.25) is 0 Å². The van der Waals surface area contributed by atoms with E-state index < -0.39 is 0 Å². The van der Waals surface area contributed by atoms with Crippen LogP contribution in [-0.4, -0.2) is 12.0 Å². The van der Waals surface area contributed by atoms with Gasteiger partial charge in [-0.15, -0.1) is 0 Å². The summed E-state index contributed by atoms with van der Waals surface area (Å²) < 4.78 is 0. The SMILES string of the molecule is O=CCCCCCSCc1ccccc1. The molecule has 0 aliphatic heterocycles. The molecule has 82 valence electrons. The van der Waals surface area contributed by atoms with Crippen molar-refractivity contribution in [2.24, 2.45) is 0 Å². The number of rotatable bonds is 8. The molecule has 0 aromatic heterocycles. The Morgan fingerprint density at radius 1 is 1.07 bits per heavy atom. The van der Waals surface area contributed by atoms with Gasteiger partial charge >= 0.3 is 0 Å². The summed E-state index contributed by atoms with van der Waals surface area (Å²) in [6.07, 6.45) is 5.20. The number of hydrogen-bond donors (Lipinski definition) is 0. The van der Waals surface area contributed by atoms with Crippen LogP contribution in [0.2, 0.25) is 0 Å². The quantitative estimate of drug-likeness (QED) is 0.493. The van der Waals surface area contributed by atoms with Gasteiger partial charge in [-0.25, -0.2) is 0 Å². The minimum absolute atomic E-state index is 0.726. The second-order valence-electron chi connectivity index (χ2n) is 3.55. The number of carbonyl (C=O) groups excluding carboxylic acids is 1. The van der Waals surface area contributed by atoms with Gasteiger partial charge in [0.15, 0.2) is 0 Å². The maximum Gasteiger partial charge on any atom is 0.119 e. The molecule has 15 heavy (non-hydrogen) atoms.